The van der Waals surface area contributed by atoms with E-state index in [4.69, 9.17) is 14.6 Å². The average molecular weight is 591 g/mol. The number of sulfonamides is 1. The van der Waals surface area contributed by atoms with Gasteiger partial charge in [0.2, 0.25) is 0 Å². The van der Waals surface area contributed by atoms with Gasteiger partial charge in [-0.1, -0.05) is 24.3 Å². The summed E-state index contributed by atoms with van der Waals surface area (Å²) in [6, 6.07) is 16.5. The molecule has 12 heteroatoms. The average Bonchev–Trinajstić information content (AvgIpc) is 3.45. The lowest BCUT2D eigenvalue weighted by molar-refractivity contribution is -0.138. The van der Waals surface area contributed by atoms with Crippen molar-refractivity contribution in [3.8, 4) is 11.5 Å². The van der Waals surface area contributed by atoms with E-state index in [1.165, 1.54) is 0 Å². The first-order valence-corrected chi connectivity index (χ1v) is 14.5. The summed E-state index contributed by atoms with van der Waals surface area (Å²) in [5.41, 5.74) is 0.944. The maximum absolute atomic E-state index is 13.8. The molecular formula is C29H29F3N2O6S. The highest BCUT2D eigenvalue weighted by Gasteiger charge is 2.38. The fraction of sp³-hybridized carbons (Fsp3) is 0.345. The zero-order valence-corrected chi connectivity index (χ0v) is 23.0. The summed E-state index contributed by atoms with van der Waals surface area (Å²) in [7, 11) is -2.84. The van der Waals surface area contributed by atoms with Gasteiger partial charge in [0.1, 0.15) is 17.6 Å². The molecule has 1 fully saturated rings. The number of methoxy groups -OCH3 is 1. The molecule has 0 aromatic heterocycles. The van der Waals surface area contributed by atoms with Crippen molar-refractivity contribution in [2.45, 2.75) is 42.4 Å². The van der Waals surface area contributed by atoms with Gasteiger partial charge < -0.3 is 19.5 Å². The van der Waals surface area contributed by atoms with Gasteiger partial charge in [-0.15, -0.1) is 0 Å². The summed E-state index contributed by atoms with van der Waals surface area (Å²) < 4.78 is 80.4. The van der Waals surface area contributed by atoms with Gasteiger partial charge in [0.15, 0.2) is 0 Å². The smallest absolute Gasteiger partial charge is 0.416 e. The minimum atomic E-state index is -4.72. The maximum atomic E-state index is 13.8. The number of carboxylic acid groups (broad SMARTS) is 1. The van der Waals surface area contributed by atoms with Crippen LogP contribution in [0.4, 0.5) is 24.5 Å². The number of rotatable bonds is 8. The molecule has 0 bridgehead atoms. The van der Waals surface area contributed by atoms with Crippen molar-refractivity contribution in [3.63, 3.8) is 0 Å². The van der Waals surface area contributed by atoms with Gasteiger partial charge >= 0.3 is 12.1 Å². The van der Waals surface area contributed by atoms with Crippen molar-refractivity contribution < 1.29 is 41.0 Å². The molecular weight excluding hydrogens is 561 g/mol. The molecule has 0 saturated carbocycles. The number of fused-ring (bicyclic) bond motifs is 1. The van der Waals surface area contributed by atoms with E-state index in [1.807, 2.05) is 30.3 Å². The number of aliphatic carboxylic acids is 1. The van der Waals surface area contributed by atoms with Gasteiger partial charge in [-0.25, -0.2) is 8.42 Å². The third-order valence-corrected chi connectivity index (χ3v) is 9.21. The van der Waals surface area contributed by atoms with E-state index in [-0.39, 0.29) is 36.7 Å². The Kier molecular flexibility index (Phi) is 7.78. The number of nitrogens with zero attached hydrogens (tertiary/aromatic N) is 2. The number of halogens is 3. The minimum Gasteiger partial charge on any atom is -0.495 e. The highest BCUT2D eigenvalue weighted by molar-refractivity contribution is 7.92. The van der Waals surface area contributed by atoms with Crippen LogP contribution < -0.4 is 18.7 Å². The molecule has 1 N–H and O–H groups in total. The Morgan fingerprint density at radius 1 is 1.05 bits per heavy atom. The molecule has 0 amide bonds. The molecule has 0 radical (unpaired) electrons. The van der Waals surface area contributed by atoms with Crippen molar-refractivity contribution in [3.05, 3.63) is 77.9 Å². The number of hydrogen-bond acceptors (Lipinski definition) is 6. The van der Waals surface area contributed by atoms with Crippen molar-refractivity contribution in [1.29, 1.82) is 0 Å². The maximum Gasteiger partial charge on any atom is 0.416 e. The van der Waals surface area contributed by atoms with E-state index in [0.717, 1.165) is 52.5 Å². The van der Waals surface area contributed by atoms with Crippen LogP contribution in [0.25, 0.3) is 0 Å². The monoisotopic (exact) mass is 590 g/mol. The third-order valence-electron chi connectivity index (χ3n) is 7.43. The summed E-state index contributed by atoms with van der Waals surface area (Å²) >= 11 is 0. The summed E-state index contributed by atoms with van der Waals surface area (Å²) in [5.74, 6) is -0.0424. The molecule has 0 aliphatic carbocycles. The lowest BCUT2D eigenvalue weighted by Crippen LogP contribution is -2.43. The van der Waals surface area contributed by atoms with E-state index in [1.54, 1.807) is 19.2 Å². The predicted molar refractivity (Wildman–Crippen MR) is 146 cm³/mol. The summed E-state index contributed by atoms with van der Waals surface area (Å²) in [6.45, 7) is 1.17. The SMILES string of the molecule is COc1ccccc1N1CCC(c2ccc3c(c2)N(S(=O)(=O)c2cccc(C(F)(F)F)c2)C[C@H](CCC(=O)O)O3)C1. The Labute approximate surface area is 236 Å². The van der Waals surface area contributed by atoms with Crippen LogP contribution in [0.5, 0.6) is 11.5 Å². The molecule has 2 aliphatic rings. The Hall–Kier alpha value is -3.93. The number of carbonyl (C=O) groups is 1. The third kappa shape index (κ3) is 5.92. The number of anilines is 2. The highest BCUT2D eigenvalue weighted by Crippen LogP contribution is 2.43. The van der Waals surface area contributed by atoms with Crippen LogP contribution in [-0.2, 0) is 21.0 Å². The lowest BCUT2D eigenvalue weighted by Gasteiger charge is -2.36. The van der Waals surface area contributed by atoms with E-state index in [0.29, 0.717) is 12.6 Å². The number of alkyl halides is 3. The fourth-order valence-electron chi connectivity index (χ4n) is 5.35. The van der Waals surface area contributed by atoms with Crippen LogP contribution in [0.15, 0.2) is 71.6 Å². The number of ether oxygens (including phenoxy) is 2. The molecule has 218 valence electrons. The molecule has 3 aromatic carbocycles. The Balaban J connectivity index is 1.49. The molecule has 3 aromatic rings. The first kappa shape index (κ1) is 28.6. The molecule has 5 rings (SSSR count). The largest absolute Gasteiger partial charge is 0.495 e. The topological polar surface area (TPSA) is 96.4 Å². The van der Waals surface area contributed by atoms with Gasteiger partial charge in [-0.3, -0.25) is 9.10 Å². The molecule has 2 heterocycles. The Bertz CT molecular complexity index is 1550. The standard InChI is InChI=1S/C29H29F3N2O6S/c1-39-26-8-3-2-7-24(26)33-14-13-20(17-33)19-9-11-27-25(15-19)34(18-22(40-27)10-12-28(35)36)41(37,38)23-6-4-5-21(16-23)29(30,31)32/h2-9,11,15-16,20,22H,10,12-14,17-18H2,1H3,(H,35,36)/t20?,22-/m0/s1. The van der Waals surface area contributed by atoms with E-state index < -0.39 is 38.7 Å². The zero-order chi connectivity index (χ0) is 29.4. The first-order valence-electron chi connectivity index (χ1n) is 13.1. The lowest BCUT2D eigenvalue weighted by atomic mass is 9.97. The van der Waals surface area contributed by atoms with Crippen molar-refractivity contribution in [2.75, 3.05) is 35.9 Å². The minimum absolute atomic E-state index is 0.0294. The van der Waals surface area contributed by atoms with Crippen LogP contribution in [0.1, 0.15) is 36.3 Å². The predicted octanol–water partition coefficient (Wildman–Crippen LogP) is 5.53. The zero-order valence-electron chi connectivity index (χ0n) is 22.2. The van der Waals surface area contributed by atoms with E-state index in [2.05, 4.69) is 4.90 Å². The summed E-state index contributed by atoms with van der Waals surface area (Å²) in [6.07, 6.45) is -4.95. The summed E-state index contributed by atoms with van der Waals surface area (Å²) in [5, 5.41) is 9.14. The van der Waals surface area contributed by atoms with Gasteiger partial charge in [0.05, 0.1) is 35.5 Å². The van der Waals surface area contributed by atoms with Crippen molar-refractivity contribution in [1.82, 2.24) is 0 Å². The van der Waals surface area contributed by atoms with Gasteiger partial charge in [0, 0.05) is 25.4 Å². The molecule has 8 nitrogen and oxygen atoms in total. The van der Waals surface area contributed by atoms with Gasteiger partial charge in [0.25, 0.3) is 10.0 Å². The van der Waals surface area contributed by atoms with Gasteiger partial charge in [-0.2, -0.15) is 13.2 Å². The molecule has 1 unspecified atom stereocenters. The molecule has 1 saturated heterocycles. The van der Waals surface area contributed by atoms with Crippen LogP contribution in [0, 0.1) is 0 Å². The second-order valence-electron chi connectivity index (χ2n) is 10.1. The second kappa shape index (κ2) is 11.2. The van der Waals surface area contributed by atoms with Gasteiger partial charge in [-0.05, 0) is 60.9 Å². The van der Waals surface area contributed by atoms with Crippen molar-refractivity contribution >= 4 is 27.4 Å². The normalized spacial score (nSPS) is 19.0. The number of carboxylic acids is 1. The number of hydrogen-bond donors (Lipinski definition) is 1. The molecule has 2 aliphatic heterocycles. The second-order valence-corrected chi connectivity index (χ2v) is 11.9. The Morgan fingerprint density at radius 2 is 1.83 bits per heavy atom. The molecule has 2 atom stereocenters. The van der Waals surface area contributed by atoms with Crippen LogP contribution in [0.2, 0.25) is 0 Å². The van der Waals surface area contributed by atoms with E-state index in [9.17, 15) is 26.4 Å². The quantitative estimate of drug-likeness (QED) is 0.369. The fourth-order valence-corrected chi connectivity index (χ4v) is 6.89. The molecule has 41 heavy (non-hydrogen) atoms. The van der Waals surface area contributed by atoms with Crippen LogP contribution in [-0.4, -0.2) is 52.3 Å². The summed E-state index contributed by atoms with van der Waals surface area (Å²) in [4.78, 5) is 12.9. The first-order chi connectivity index (χ1) is 19.5. The van der Waals surface area contributed by atoms with Crippen molar-refractivity contribution in [2.24, 2.45) is 0 Å². The van der Waals surface area contributed by atoms with Crippen LogP contribution in [0.3, 0.4) is 0 Å². The van der Waals surface area contributed by atoms with E-state index >= 15 is 0 Å². The number of benzene rings is 3. The number of para-hydroxylation sites is 2. The highest BCUT2D eigenvalue weighted by atomic mass is 32.2. The molecule has 0 spiro atoms. The van der Waals surface area contributed by atoms with Crippen LogP contribution >= 0.6 is 0 Å². The Morgan fingerprint density at radius 3 is 2.56 bits per heavy atom.